The van der Waals surface area contributed by atoms with Crippen molar-refractivity contribution in [3.8, 4) is 5.69 Å². The summed E-state index contributed by atoms with van der Waals surface area (Å²) >= 11 is 0. The van der Waals surface area contributed by atoms with E-state index in [1.54, 1.807) is 22.4 Å². The summed E-state index contributed by atoms with van der Waals surface area (Å²) in [5.74, 6) is 0. The Morgan fingerprint density at radius 1 is 1.05 bits per heavy atom. The van der Waals surface area contributed by atoms with Crippen LogP contribution >= 0.6 is 0 Å². The molecule has 0 spiro atoms. The van der Waals surface area contributed by atoms with Gasteiger partial charge in [-0.2, -0.15) is 0 Å². The molecule has 1 aromatic carbocycles. The predicted octanol–water partition coefficient (Wildman–Crippen LogP) is 2.34. The Labute approximate surface area is 110 Å². The number of hydrogen-bond acceptors (Lipinski definition) is 2. The molecule has 0 atom stereocenters. The van der Waals surface area contributed by atoms with Crippen LogP contribution in [0.5, 0.6) is 0 Å². The Morgan fingerprint density at radius 3 is 2.53 bits per heavy atom. The topological polar surface area (TPSA) is 39.8 Å². The van der Waals surface area contributed by atoms with Crippen molar-refractivity contribution in [2.75, 3.05) is 0 Å². The summed E-state index contributed by atoms with van der Waals surface area (Å²) in [7, 11) is 1.79. The van der Waals surface area contributed by atoms with Gasteiger partial charge >= 0.3 is 5.69 Å². The molecule has 3 rings (SSSR count). The summed E-state index contributed by atoms with van der Waals surface area (Å²) in [5, 5.41) is 0. The zero-order valence-electron chi connectivity index (χ0n) is 11.2. The molecule has 19 heavy (non-hydrogen) atoms. The predicted molar refractivity (Wildman–Crippen MR) is 75.8 cm³/mol. The Bertz CT molecular complexity index is 810. The average molecular weight is 253 g/mol. The average Bonchev–Trinajstić information content (AvgIpc) is 2.64. The largest absolute Gasteiger partial charge is 0.333 e. The summed E-state index contributed by atoms with van der Waals surface area (Å²) in [6, 6.07) is 9.85. The first-order valence-electron chi connectivity index (χ1n) is 6.19. The molecule has 4 heteroatoms. The lowest BCUT2D eigenvalue weighted by Crippen LogP contribution is -2.20. The van der Waals surface area contributed by atoms with Crippen LogP contribution < -0.4 is 5.69 Å². The number of benzene rings is 1. The van der Waals surface area contributed by atoms with Crippen molar-refractivity contribution >= 4 is 11.0 Å². The van der Waals surface area contributed by atoms with E-state index < -0.39 is 0 Å². The highest BCUT2D eigenvalue weighted by Crippen LogP contribution is 2.18. The zero-order chi connectivity index (χ0) is 13.6. The first kappa shape index (κ1) is 11.7. The van der Waals surface area contributed by atoms with Gasteiger partial charge in [-0.3, -0.25) is 14.1 Å². The number of pyridine rings is 1. The monoisotopic (exact) mass is 253 g/mol. The summed E-state index contributed by atoms with van der Waals surface area (Å²) in [5.41, 5.74) is 4.67. The van der Waals surface area contributed by atoms with Gasteiger partial charge in [0.25, 0.3) is 0 Å². The van der Waals surface area contributed by atoms with Gasteiger partial charge in [0, 0.05) is 12.7 Å². The van der Waals surface area contributed by atoms with Crippen LogP contribution in [0.2, 0.25) is 0 Å². The molecule has 0 radical (unpaired) electrons. The van der Waals surface area contributed by atoms with E-state index >= 15 is 0 Å². The molecule has 4 nitrogen and oxygen atoms in total. The third-order valence-corrected chi connectivity index (χ3v) is 3.37. The van der Waals surface area contributed by atoms with Crippen molar-refractivity contribution in [2.24, 2.45) is 7.05 Å². The Kier molecular flexibility index (Phi) is 2.52. The summed E-state index contributed by atoms with van der Waals surface area (Å²) in [4.78, 5) is 16.6. The maximum atomic E-state index is 12.4. The molecule has 2 aromatic heterocycles. The van der Waals surface area contributed by atoms with E-state index in [-0.39, 0.29) is 5.69 Å². The van der Waals surface area contributed by atoms with Crippen LogP contribution in [0.4, 0.5) is 0 Å². The highest BCUT2D eigenvalue weighted by molar-refractivity contribution is 5.78. The van der Waals surface area contributed by atoms with Gasteiger partial charge in [0.05, 0.1) is 22.9 Å². The maximum Gasteiger partial charge on any atom is 0.333 e. The summed E-state index contributed by atoms with van der Waals surface area (Å²) in [6.45, 7) is 3.95. The van der Waals surface area contributed by atoms with E-state index in [1.165, 1.54) is 0 Å². The van der Waals surface area contributed by atoms with Crippen molar-refractivity contribution in [3.05, 3.63) is 58.3 Å². The fourth-order valence-electron chi connectivity index (χ4n) is 2.29. The van der Waals surface area contributed by atoms with Crippen LogP contribution in [0.15, 0.2) is 41.3 Å². The summed E-state index contributed by atoms with van der Waals surface area (Å²) < 4.78 is 3.36. The number of aryl methyl sites for hydroxylation is 3. The number of aromatic nitrogens is 3. The third kappa shape index (κ3) is 1.76. The van der Waals surface area contributed by atoms with Gasteiger partial charge in [-0.15, -0.1) is 0 Å². The molecule has 96 valence electrons. The van der Waals surface area contributed by atoms with Crippen molar-refractivity contribution in [1.29, 1.82) is 0 Å². The second-order valence-electron chi connectivity index (χ2n) is 4.83. The van der Waals surface area contributed by atoms with Gasteiger partial charge in [0.2, 0.25) is 0 Å². The fraction of sp³-hybridized carbons (Fsp3) is 0.200. The van der Waals surface area contributed by atoms with Crippen LogP contribution in [0, 0.1) is 13.8 Å². The number of fused-ring (bicyclic) bond motifs is 1. The van der Waals surface area contributed by atoms with Gasteiger partial charge in [-0.25, -0.2) is 4.79 Å². The van der Waals surface area contributed by atoms with E-state index in [0.717, 1.165) is 28.0 Å². The normalized spacial score (nSPS) is 11.1. The molecular formula is C15H15N3O. The Balaban J connectivity index is 2.38. The van der Waals surface area contributed by atoms with Crippen molar-refractivity contribution in [3.63, 3.8) is 0 Å². The molecule has 0 fully saturated rings. The molecular weight excluding hydrogens is 238 g/mol. The van der Waals surface area contributed by atoms with E-state index in [1.807, 2.05) is 44.2 Å². The lowest BCUT2D eigenvalue weighted by molar-refractivity contribution is 0.843. The molecule has 0 unspecified atom stereocenters. The van der Waals surface area contributed by atoms with Crippen LogP contribution in [0.3, 0.4) is 0 Å². The van der Waals surface area contributed by atoms with E-state index in [9.17, 15) is 4.79 Å². The van der Waals surface area contributed by atoms with Crippen molar-refractivity contribution in [1.82, 2.24) is 14.1 Å². The van der Waals surface area contributed by atoms with Gasteiger partial charge in [-0.1, -0.05) is 6.07 Å². The van der Waals surface area contributed by atoms with Crippen LogP contribution in [0.25, 0.3) is 16.7 Å². The van der Waals surface area contributed by atoms with Gasteiger partial charge in [0.1, 0.15) is 0 Å². The number of imidazole rings is 1. The fourth-order valence-corrected chi connectivity index (χ4v) is 2.29. The number of hydrogen-bond donors (Lipinski definition) is 0. The van der Waals surface area contributed by atoms with E-state index in [0.29, 0.717) is 0 Å². The molecule has 0 amide bonds. The molecule has 3 aromatic rings. The van der Waals surface area contributed by atoms with Crippen LogP contribution in [0.1, 0.15) is 11.3 Å². The number of rotatable bonds is 1. The molecule has 0 aliphatic carbocycles. The standard InChI is InChI=1S/C15H15N3O/c1-10-4-7-13-14(8-10)17(3)15(19)18(13)12-6-5-11(2)16-9-12/h4-9H,1-3H3. The van der Waals surface area contributed by atoms with Gasteiger partial charge in [-0.05, 0) is 43.7 Å². The van der Waals surface area contributed by atoms with Crippen molar-refractivity contribution in [2.45, 2.75) is 13.8 Å². The lowest BCUT2D eigenvalue weighted by Gasteiger charge is -2.03. The minimum absolute atomic E-state index is 0.0498. The van der Waals surface area contributed by atoms with E-state index in [2.05, 4.69) is 4.98 Å². The van der Waals surface area contributed by atoms with Gasteiger partial charge < -0.3 is 0 Å². The SMILES string of the molecule is Cc1ccc2c(c1)n(C)c(=O)n2-c1ccc(C)nc1. The Morgan fingerprint density at radius 2 is 1.84 bits per heavy atom. The minimum atomic E-state index is -0.0498. The van der Waals surface area contributed by atoms with Crippen molar-refractivity contribution < 1.29 is 0 Å². The molecule has 0 saturated carbocycles. The second-order valence-corrected chi connectivity index (χ2v) is 4.83. The molecule has 0 saturated heterocycles. The highest BCUT2D eigenvalue weighted by atomic mass is 16.1. The Hall–Kier alpha value is -2.36. The summed E-state index contributed by atoms with van der Waals surface area (Å²) in [6.07, 6.45) is 1.73. The molecule has 2 heterocycles. The molecule has 0 aliphatic heterocycles. The highest BCUT2D eigenvalue weighted by Gasteiger charge is 2.12. The second kappa shape index (κ2) is 4.09. The smallest absolute Gasteiger partial charge is 0.295 e. The zero-order valence-corrected chi connectivity index (χ0v) is 11.2. The van der Waals surface area contributed by atoms with Gasteiger partial charge in [0.15, 0.2) is 0 Å². The first-order valence-corrected chi connectivity index (χ1v) is 6.19. The first-order chi connectivity index (χ1) is 9.08. The lowest BCUT2D eigenvalue weighted by atomic mass is 10.2. The molecule has 0 bridgehead atoms. The maximum absolute atomic E-state index is 12.4. The minimum Gasteiger partial charge on any atom is -0.295 e. The van der Waals surface area contributed by atoms with E-state index in [4.69, 9.17) is 0 Å². The molecule has 0 aliphatic rings. The van der Waals surface area contributed by atoms with Crippen LogP contribution in [-0.2, 0) is 7.05 Å². The molecule has 0 N–H and O–H groups in total. The third-order valence-electron chi connectivity index (χ3n) is 3.37. The van der Waals surface area contributed by atoms with Crippen LogP contribution in [-0.4, -0.2) is 14.1 Å². The number of nitrogens with zero attached hydrogens (tertiary/aromatic N) is 3. The quantitative estimate of drug-likeness (QED) is 0.668.